The molecule has 0 aromatic carbocycles. The largest absolute Gasteiger partial charge is 0.354 e. The van der Waals surface area contributed by atoms with E-state index in [1.54, 1.807) is 30.3 Å². The van der Waals surface area contributed by atoms with Gasteiger partial charge in [0.2, 0.25) is 17.8 Å². The Balaban J connectivity index is 1.53. The second-order valence-electron chi connectivity index (χ2n) is 5.70. The van der Waals surface area contributed by atoms with Crippen molar-refractivity contribution in [1.29, 1.82) is 0 Å². The van der Waals surface area contributed by atoms with Crippen LogP contribution >= 0.6 is 0 Å². The fourth-order valence-corrected chi connectivity index (χ4v) is 2.60. The standard InChI is InChI=1S/C16H25N5O2/c1-14(22)20-10-12-21(13-11-20)15(23)6-3-2-4-7-17-16-18-8-5-9-19-16/h5,8-9H,2-4,6-7,10-13H2,1H3,(H,17,18,19). The molecule has 7 heteroatoms. The van der Waals surface area contributed by atoms with Gasteiger partial charge in [0, 0.05) is 58.5 Å². The Bertz CT molecular complexity index is 500. The maximum absolute atomic E-state index is 12.1. The SMILES string of the molecule is CC(=O)N1CCN(C(=O)CCCCCNc2ncccn2)CC1. The topological polar surface area (TPSA) is 78.4 Å². The smallest absolute Gasteiger partial charge is 0.222 e. The summed E-state index contributed by atoms with van der Waals surface area (Å²) in [4.78, 5) is 35.2. The van der Waals surface area contributed by atoms with E-state index in [0.29, 0.717) is 38.5 Å². The van der Waals surface area contributed by atoms with Crippen LogP contribution in [0, 0.1) is 0 Å². The Kier molecular flexibility index (Phi) is 6.77. The van der Waals surface area contributed by atoms with Gasteiger partial charge < -0.3 is 15.1 Å². The zero-order chi connectivity index (χ0) is 16.5. The number of nitrogens with one attached hydrogen (secondary N) is 1. The van der Waals surface area contributed by atoms with E-state index >= 15 is 0 Å². The minimum atomic E-state index is 0.0898. The number of rotatable bonds is 7. The van der Waals surface area contributed by atoms with Gasteiger partial charge in [0.15, 0.2) is 0 Å². The van der Waals surface area contributed by atoms with E-state index in [9.17, 15) is 9.59 Å². The molecule has 2 rings (SSSR count). The van der Waals surface area contributed by atoms with Gasteiger partial charge in [-0.15, -0.1) is 0 Å². The number of hydrogen-bond donors (Lipinski definition) is 1. The lowest BCUT2D eigenvalue weighted by molar-refractivity contribution is -0.138. The second-order valence-corrected chi connectivity index (χ2v) is 5.70. The van der Waals surface area contributed by atoms with Crippen molar-refractivity contribution < 1.29 is 9.59 Å². The van der Waals surface area contributed by atoms with E-state index < -0.39 is 0 Å². The molecule has 1 aromatic rings. The molecular weight excluding hydrogens is 294 g/mol. The molecule has 0 atom stereocenters. The van der Waals surface area contributed by atoms with E-state index in [0.717, 1.165) is 25.8 Å². The molecular formula is C16H25N5O2. The lowest BCUT2D eigenvalue weighted by Gasteiger charge is -2.34. The van der Waals surface area contributed by atoms with Crippen LogP contribution in [-0.4, -0.2) is 64.3 Å². The van der Waals surface area contributed by atoms with Crippen molar-refractivity contribution in [3.8, 4) is 0 Å². The number of piperazine rings is 1. The Hall–Kier alpha value is -2.18. The summed E-state index contributed by atoms with van der Waals surface area (Å²) in [6.07, 6.45) is 6.88. The molecule has 0 spiro atoms. The van der Waals surface area contributed by atoms with Gasteiger partial charge in [0.25, 0.3) is 0 Å². The van der Waals surface area contributed by atoms with Crippen LogP contribution < -0.4 is 5.32 Å². The summed E-state index contributed by atoms with van der Waals surface area (Å²) in [6.45, 7) is 5.02. The molecule has 2 amide bonds. The van der Waals surface area contributed by atoms with Crippen LogP contribution in [0.15, 0.2) is 18.5 Å². The van der Waals surface area contributed by atoms with Crippen molar-refractivity contribution >= 4 is 17.8 Å². The molecule has 1 saturated heterocycles. The molecule has 2 heterocycles. The molecule has 0 saturated carbocycles. The first-order valence-corrected chi connectivity index (χ1v) is 8.21. The molecule has 1 aliphatic rings. The minimum Gasteiger partial charge on any atom is -0.354 e. The lowest BCUT2D eigenvalue weighted by Crippen LogP contribution is -2.50. The third-order valence-electron chi connectivity index (χ3n) is 3.99. The predicted octanol–water partition coefficient (Wildman–Crippen LogP) is 1.14. The van der Waals surface area contributed by atoms with Gasteiger partial charge in [-0.25, -0.2) is 9.97 Å². The van der Waals surface area contributed by atoms with Crippen molar-refractivity contribution in [3.05, 3.63) is 18.5 Å². The Morgan fingerprint density at radius 2 is 1.70 bits per heavy atom. The zero-order valence-electron chi connectivity index (χ0n) is 13.7. The van der Waals surface area contributed by atoms with Crippen LogP contribution in [0.5, 0.6) is 0 Å². The van der Waals surface area contributed by atoms with Crippen LogP contribution in [0.1, 0.15) is 32.6 Å². The molecule has 7 nitrogen and oxygen atoms in total. The van der Waals surface area contributed by atoms with Gasteiger partial charge in [-0.1, -0.05) is 6.42 Å². The molecule has 23 heavy (non-hydrogen) atoms. The summed E-state index contributed by atoms with van der Waals surface area (Å²) in [5, 5.41) is 3.16. The highest BCUT2D eigenvalue weighted by atomic mass is 16.2. The summed E-state index contributed by atoms with van der Waals surface area (Å²) < 4.78 is 0. The molecule has 0 bridgehead atoms. The van der Waals surface area contributed by atoms with Crippen LogP contribution in [0.2, 0.25) is 0 Å². The quantitative estimate of drug-likeness (QED) is 0.763. The molecule has 1 aliphatic heterocycles. The third-order valence-corrected chi connectivity index (χ3v) is 3.99. The first kappa shape index (κ1) is 17.2. The van der Waals surface area contributed by atoms with E-state index in [1.165, 1.54) is 0 Å². The summed E-state index contributed by atoms with van der Waals surface area (Å²) in [6, 6.07) is 1.78. The van der Waals surface area contributed by atoms with E-state index in [-0.39, 0.29) is 11.8 Å². The van der Waals surface area contributed by atoms with Gasteiger partial charge >= 0.3 is 0 Å². The second kappa shape index (κ2) is 9.07. The number of amides is 2. The summed E-state index contributed by atoms with van der Waals surface area (Å²) in [5.41, 5.74) is 0. The summed E-state index contributed by atoms with van der Waals surface area (Å²) >= 11 is 0. The monoisotopic (exact) mass is 319 g/mol. The highest BCUT2D eigenvalue weighted by Crippen LogP contribution is 2.08. The van der Waals surface area contributed by atoms with Crippen molar-refractivity contribution in [2.75, 3.05) is 38.0 Å². The number of nitrogens with zero attached hydrogens (tertiary/aromatic N) is 4. The van der Waals surface area contributed by atoms with Crippen LogP contribution in [-0.2, 0) is 9.59 Å². The van der Waals surface area contributed by atoms with Gasteiger partial charge in [0.1, 0.15) is 0 Å². The Morgan fingerprint density at radius 1 is 1.04 bits per heavy atom. The maximum Gasteiger partial charge on any atom is 0.222 e. The van der Waals surface area contributed by atoms with Crippen molar-refractivity contribution in [2.45, 2.75) is 32.6 Å². The maximum atomic E-state index is 12.1. The minimum absolute atomic E-state index is 0.0898. The van der Waals surface area contributed by atoms with Gasteiger partial charge in [-0.05, 0) is 18.9 Å². The predicted molar refractivity (Wildman–Crippen MR) is 87.8 cm³/mol. The highest BCUT2D eigenvalue weighted by molar-refractivity contribution is 5.77. The molecule has 0 aliphatic carbocycles. The third kappa shape index (κ3) is 5.84. The number of carbonyl (C=O) groups is 2. The lowest BCUT2D eigenvalue weighted by atomic mass is 10.1. The van der Waals surface area contributed by atoms with Gasteiger partial charge in [0.05, 0.1) is 0 Å². The number of unbranched alkanes of at least 4 members (excludes halogenated alkanes) is 2. The van der Waals surface area contributed by atoms with Crippen LogP contribution in [0.25, 0.3) is 0 Å². The van der Waals surface area contributed by atoms with E-state index in [4.69, 9.17) is 0 Å². The van der Waals surface area contributed by atoms with Crippen molar-refractivity contribution in [2.24, 2.45) is 0 Å². The van der Waals surface area contributed by atoms with E-state index in [2.05, 4.69) is 15.3 Å². The molecule has 126 valence electrons. The van der Waals surface area contributed by atoms with Gasteiger partial charge in [-0.2, -0.15) is 0 Å². The highest BCUT2D eigenvalue weighted by Gasteiger charge is 2.21. The number of hydrogen-bond acceptors (Lipinski definition) is 5. The van der Waals surface area contributed by atoms with Crippen molar-refractivity contribution in [3.63, 3.8) is 0 Å². The molecule has 1 fully saturated rings. The van der Waals surface area contributed by atoms with Gasteiger partial charge in [-0.3, -0.25) is 9.59 Å². The average molecular weight is 319 g/mol. The first-order valence-electron chi connectivity index (χ1n) is 8.21. The fourth-order valence-electron chi connectivity index (χ4n) is 2.60. The van der Waals surface area contributed by atoms with Crippen LogP contribution in [0.3, 0.4) is 0 Å². The van der Waals surface area contributed by atoms with E-state index in [1.807, 2.05) is 4.90 Å². The summed E-state index contributed by atoms with van der Waals surface area (Å²) in [5.74, 6) is 0.937. The zero-order valence-corrected chi connectivity index (χ0v) is 13.7. The Labute approximate surface area is 137 Å². The number of aromatic nitrogens is 2. The normalized spacial score (nSPS) is 14.7. The molecule has 1 aromatic heterocycles. The molecule has 0 unspecified atom stereocenters. The number of anilines is 1. The summed E-state index contributed by atoms with van der Waals surface area (Å²) in [7, 11) is 0. The first-order chi connectivity index (χ1) is 11.2. The fraction of sp³-hybridized carbons (Fsp3) is 0.625. The molecule has 1 N–H and O–H groups in total. The van der Waals surface area contributed by atoms with Crippen LogP contribution in [0.4, 0.5) is 5.95 Å². The Morgan fingerprint density at radius 3 is 2.35 bits per heavy atom. The molecule has 0 radical (unpaired) electrons. The average Bonchev–Trinajstić information content (AvgIpc) is 2.58. The number of carbonyl (C=O) groups excluding carboxylic acids is 2. The van der Waals surface area contributed by atoms with Crippen molar-refractivity contribution in [1.82, 2.24) is 19.8 Å².